The monoisotopic (exact) mass is 358 g/mol. The molecule has 132 valence electrons. The second kappa shape index (κ2) is 6.48. The topological polar surface area (TPSA) is 104 Å². The van der Waals surface area contributed by atoms with Crippen molar-refractivity contribution in [3.05, 3.63) is 29.8 Å². The summed E-state index contributed by atoms with van der Waals surface area (Å²) in [7, 11) is -3.66. The molecule has 7 nitrogen and oxygen atoms in total. The highest BCUT2D eigenvalue weighted by molar-refractivity contribution is 7.89. The molecule has 0 aliphatic carbocycles. The quantitative estimate of drug-likeness (QED) is 0.818. The van der Waals surface area contributed by atoms with Gasteiger partial charge in [-0.15, -0.1) is 0 Å². The fourth-order valence-electron chi connectivity index (χ4n) is 2.46. The van der Waals surface area contributed by atoms with Crippen molar-refractivity contribution >= 4 is 21.9 Å². The summed E-state index contributed by atoms with van der Waals surface area (Å²) in [5.74, 6) is -2.12. The number of aliphatic carboxylic acids is 1. The average molecular weight is 358 g/mol. The number of likely N-dealkylation sites (tertiary alicyclic amines) is 1. The van der Waals surface area contributed by atoms with Crippen LogP contribution in [0.4, 0.5) is 4.39 Å². The molecule has 0 saturated carbocycles. The number of carboxylic acids is 1. The Morgan fingerprint density at radius 2 is 1.88 bits per heavy atom. The Labute approximate surface area is 139 Å². The second-order valence-electron chi connectivity index (χ2n) is 6.05. The third-order valence-electron chi connectivity index (χ3n) is 3.69. The molecule has 1 aromatic rings. The Morgan fingerprint density at radius 1 is 1.29 bits per heavy atom. The van der Waals surface area contributed by atoms with Crippen LogP contribution in [0.1, 0.15) is 30.6 Å². The molecule has 9 heteroatoms. The number of amides is 1. The summed E-state index contributed by atoms with van der Waals surface area (Å²) in [5, 5.41) is 8.85. The molecule has 2 rings (SSSR count). The lowest BCUT2D eigenvalue weighted by molar-refractivity contribution is -0.149. The highest BCUT2D eigenvalue weighted by atomic mass is 32.2. The van der Waals surface area contributed by atoms with Crippen LogP contribution in [0.15, 0.2) is 29.2 Å². The standard InChI is InChI=1S/C15H19FN2O5S/c1-10(2)17-24(22,23)12-5-3-11(4-6-12)13(19)18-8-7-15(16,9-18)14(20)21/h3-6,10,17H,7-9H2,1-2H3,(H,20,21). The minimum atomic E-state index is -3.66. The summed E-state index contributed by atoms with van der Waals surface area (Å²) < 4.78 is 40.5. The van der Waals surface area contributed by atoms with Crippen molar-refractivity contribution < 1.29 is 27.5 Å². The summed E-state index contributed by atoms with van der Waals surface area (Å²) in [6.45, 7) is 2.86. The van der Waals surface area contributed by atoms with Crippen LogP contribution >= 0.6 is 0 Å². The largest absolute Gasteiger partial charge is 0.479 e. The molecule has 0 bridgehead atoms. The third-order valence-corrected chi connectivity index (χ3v) is 5.37. The van der Waals surface area contributed by atoms with Crippen LogP contribution in [0.3, 0.4) is 0 Å². The third kappa shape index (κ3) is 3.73. The van der Waals surface area contributed by atoms with Gasteiger partial charge in [-0.3, -0.25) is 4.79 Å². The molecule has 0 radical (unpaired) electrons. The number of carboxylic acid groups (broad SMARTS) is 1. The predicted octanol–water partition coefficient (Wildman–Crippen LogP) is 1.01. The SMILES string of the molecule is CC(C)NS(=O)(=O)c1ccc(C(=O)N2CCC(F)(C(=O)O)C2)cc1. The van der Waals surface area contributed by atoms with E-state index < -0.39 is 34.1 Å². The Bertz CT molecular complexity index is 748. The first kappa shape index (κ1) is 18.3. The molecular weight excluding hydrogens is 339 g/mol. The number of hydrogen-bond donors (Lipinski definition) is 2. The number of carbonyl (C=O) groups excluding carboxylic acids is 1. The molecule has 0 aromatic heterocycles. The van der Waals surface area contributed by atoms with Crippen LogP contribution in [-0.4, -0.2) is 55.1 Å². The Balaban J connectivity index is 2.14. The molecule has 0 spiro atoms. The number of benzene rings is 1. The Hall–Kier alpha value is -2.00. The number of sulfonamides is 1. The van der Waals surface area contributed by atoms with Gasteiger partial charge in [0.2, 0.25) is 15.7 Å². The molecule has 1 heterocycles. The highest BCUT2D eigenvalue weighted by Gasteiger charge is 2.46. The number of alkyl halides is 1. The lowest BCUT2D eigenvalue weighted by Gasteiger charge is -2.18. The van der Waals surface area contributed by atoms with E-state index in [0.717, 1.165) is 4.90 Å². The molecule has 1 amide bonds. The molecule has 1 saturated heterocycles. The van der Waals surface area contributed by atoms with E-state index in [0.29, 0.717) is 0 Å². The Morgan fingerprint density at radius 3 is 2.33 bits per heavy atom. The van der Waals surface area contributed by atoms with Crippen LogP contribution in [0.2, 0.25) is 0 Å². The molecule has 1 fully saturated rings. The van der Waals surface area contributed by atoms with Gasteiger partial charge in [0.25, 0.3) is 5.91 Å². The van der Waals surface area contributed by atoms with Crippen molar-refractivity contribution in [1.29, 1.82) is 0 Å². The zero-order valence-electron chi connectivity index (χ0n) is 13.3. The van der Waals surface area contributed by atoms with Crippen LogP contribution < -0.4 is 4.72 Å². The van der Waals surface area contributed by atoms with E-state index in [1.165, 1.54) is 24.3 Å². The van der Waals surface area contributed by atoms with Gasteiger partial charge in [-0.1, -0.05) is 0 Å². The lowest BCUT2D eigenvalue weighted by atomic mass is 10.1. The van der Waals surface area contributed by atoms with Gasteiger partial charge in [0.05, 0.1) is 11.4 Å². The second-order valence-corrected chi connectivity index (χ2v) is 7.76. The van der Waals surface area contributed by atoms with Crippen molar-refractivity contribution in [2.45, 2.75) is 36.9 Å². The first-order valence-corrected chi connectivity index (χ1v) is 8.87. The lowest BCUT2D eigenvalue weighted by Crippen LogP contribution is -2.38. The zero-order valence-corrected chi connectivity index (χ0v) is 14.1. The van der Waals surface area contributed by atoms with Crippen molar-refractivity contribution in [2.75, 3.05) is 13.1 Å². The number of halogens is 1. The maximum Gasteiger partial charge on any atom is 0.343 e. The van der Waals surface area contributed by atoms with Gasteiger partial charge in [0, 0.05) is 24.6 Å². The van der Waals surface area contributed by atoms with E-state index in [1.54, 1.807) is 13.8 Å². The summed E-state index contributed by atoms with van der Waals surface area (Å²) in [6.07, 6.45) is -0.265. The smallest absolute Gasteiger partial charge is 0.343 e. The Kier molecular flexibility index (Phi) is 4.95. The number of nitrogens with one attached hydrogen (secondary N) is 1. The average Bonchev–Trinajstić information content (AvgIpc) is 2.89. The van der Waals surface area contributed by atoms with E-state index in [2.05, 4.69) is 4.72 Å². The van der Waals surface area contributed by atoms with E-state index in [-0.39, 0.29) is 29.5 Å². The predicted molar refractivity (Wildman–Crippen MR) is 83.9 cm³/mol. The van der Waals surface area contributed by atoms with Crippen molar-refractivity contribution in [1.82, 2.24) is 9.62 Å². The van der Waals surface area contributed by atoms with E-state index in [4.69, 9.17) is 5.11 Å². The van der Waals surface area contributed by atoms with Crippen LogP contribution in [-0.2, 0) is 14.8 Å². The molecular formula is C15H19FN2O5S. The fraction of sp³-hybridized carbons (Fsp3) is 0.467. The summed E-state index contributed by atoms with van der Waals surface area (Å²) in [4.78, 5) is 24.3. The maximum atomic E-state index is 14.0. The van der Waals surface area contributed by atoms with E-state index in [9.17, 15) is 22.4 Å². The maximum absolute atomic E-state index is 14.0. The number of rotatable bonds is 5. The number of carbonyl (C=O) groups is 2. The molecule has 1 atom stereocenters. The van der Waals surface area contributed by atoms with Gasteiger partial charge in [0.15, 0.2) is 0 Å². The number of nitrogens with zero attached hydrogens (tertiary/aromatic N) is 1. The summed E-state index contributed by atoms with van der Waals surface area (Å²) in [6, 6.07) is 4.96. The molecule has 24 heavy (non-hydrogen) atoms. The summed E-state index contributed by atoms with van der Waals surface area (Å²) >= 11 is 0. The van der Waals surface area contributed by atoms with Crippen molar-refractivity contribution in [2.24, 2.45) is 0 Å². The molecule has 1 aromatic carbocycles. The number of hydrogen-bond acceptors (Lipinski definition) is 4. The fourth-order valence-corrected chi connectivity index (χ4v) is 3.71. The van der Waals surface area contributed by atoms with Crippen LogP contribution in [0, 0.1) is 0 Å². The van der Waals surface area contributed by atoms with Crippen molar-refractivity contribution in [3.8, 4) is 0 Å². The van der Waals surface area contributed by atoms with Crippen molar-refractivity contribution in [3.63, 3.8) is 0 Å². The molecule has 2 N–H and O–H groups in total. The van der Waals surface area contributed by atoms with Gasteiger partial charge >= 0.3 is 5.97 Å². The van der Waals surface area contributed by atoms with Gasteiger partial charge < -0.3 is 10.0 Å². The summed E-state index contributed by atoms with van der Waals surface area (Å²) in [5.41, 5.74) is -2.26. The van der Waals surface area contributed by atoms with Gasteiger partial charge in [-0.25, -0.2) is 22.3 Å². The van der Waals surface area contributed by atoms with Gasteiger partial charge in [-0.2, -0.15) is 0 Å². The molecule has 1 aliphatic heterocycles. The van der Waals surface area contributed by atoms with Gasteiger partial charge in [0.1, 0.15) is 0 Å². The first-order valence-electron chi connectivity index (χ1n) is 7.39. The zero-order chi connectivity index (χ0) is 18.1. The van der Waals surface area contributed by atoms with Gasteiger partial charge in [-0.05, 0) is 38.1 Å². The van der Waals surface area contributed by atoms with E-state index in [1.807, 2.05) is 0 Å². The van der Waals surface area contributed by atoms with Crippen LogP contribution in [0.5, 0.6) is 0 Å². The van der Waals surface area contributed by atoms with Crippen LogP contribution in [0.25, 0.3) is 0 Å². The molecule has 1 aliphatic rings. The molecule has 1 unspecified atom stereocenters. The first-order chi connectivity index (χ1) is 11.0. The van der Waals surface area contributed by atoms with E-state index >= 15 is 0 Å². The normalized spacial score (nSPS) is 21.2. The highest BCUT2D eigenvalue weighted by Crippen LogP contribution is 2.27. The minimum absolute atomic E-state index is 0.00338. The minimum Gasteiger partial charge on any atom is -0.479 e.